The second-order valence-electron chi connectivity index (χ2n) is 5.39. The topological polar surface area (TPSA) is 38.0 Å². The van der Waals surface area contributed by atoms with E-state index in [9.17, 15) is 0 Å². The van der Waals surface area contributed by atoms with Gasteiger partial charge in [0.25, 0.3) is 0 Å². The largest absolute Gasteiger partial charge is 0.389 e. The molecule has 1 aliphatic rings. The number of hydrogen-bond donors (Lipinski definition) is 2. The molecular weight excluding hydrogens is 276 g/mol. The highest BCUT2D eigenvalue weighted by molar-refractivity contribution is 7.80. The maximum absolute atomic E-state index is 6.07. The van der Waals surface area contributed by atoms with Crippen LogP contribution in [0.2, 0.25) is 5.02 Å². The lowest BCUT2D eigenvalue weighted by Crippen LogP contribution is -2.28. The molecule has 104 valence electrons. The van der Waals surface area contributed by atoms with Gasteiger partial charge < -0.3 is 11.1 Å². The smallest absolute Gasteiger partial charge is 0.106 e. The van der Waals surface area contributed by atoms with Crippen LogP contribution in [0.15, 0.2) is 18.2 Å². The lowest BCUT2D eigenvalue weighted by atomic mass is 9.84. The minimum Gasteiger partial charge on any atom is -0.389 e. The summed E-state index contributed by atoms with van der Waals surface area (Å²) in [6.07, 6.45) is 6.66. The second-order valence-corrected chi connectivity index (χ2v) is 6.26. The molecule has 0 amide bonds. The molecule has 1 aromatic rings. The van der Waals surface area contributed by atoms with Crippen molar-refractivity contribution in [2.24, 2.45) is 11.7 Å². The molecule has 4 heteroatoms. The highest BCUT2D eigenvalue weighted by Crippen LogP contribution is 2.29. The Labute approximate surface area is 125 Å². The van der Waals surface area contributed by atoms with E-state index in [1.807, 2.05) is 18.2 Å². The van der Waals surface area contributed by atoms with E-state index in [2.05, 4.69) is 12.2 Å². The number of thiocarbonyl (C=S) groups is 1. The summed E-state index contributed by atoms with van der Waals surface area (Å²) in [6, 6.07) is 6.05. The number of halogens is 1. The molecule has 0 heterocycles. The van der Waals surface area contributed by atoms with Gasteiger partial charge in [-0.05, 0) is 43.9 Å². The summed E-state index contributed by atoms with van der Waals surface area (Å²) >= 11 is 11.2. The van der Waals surface area contributed by atoms with Gasteiger partial charge in [-0.3, -0.25) is 0 Å². The molecule has 0 radical (unpaired) electrons. The Morgan fingerprint density at radius 3 is 2.68 bits per heavy atom. The van der Waals surface area contributed by atoms with Gasteiger partial charge in [0.2, 0.25) is 0 Å². The molecule has 0 saturated heterocycles. The quantitative estimate of drug-likeness (QED) is 0.811. The molecule has 1 fully saturated rings. The van der Waals surface area contributed by atoms with Crippen molar-refractivity contribution in [1.82, 2.24) is 0 Å². The van der Waals surface area contributed by atoms with Crippen LogP contribution in [-0.2, 0) is 0 Å². The Morgan fingerprint density at radius 2 is 2.05 bits per heavy atom. The summed E-state index contributed by atoms with van der Waals surface area (Å²) in [4.78, 5) is 0.412. The van der Waals surface area contributed by atoms with E-state index in [-0.39, 0.29) is 0 Å². The lowest BCUT2D eigenvalue weighted by Gasteiger charge is -2.29. The minimum atomic E-state index is 0.412. The van der Waals surface area contributed by atoms with E-state index >= 15 is 0 Å². The van der Waals surface area contributed by atoms with Gasteiger partial charge in [0.1, 0.15) is 4.99 Å². The van der Waals surface area contributed by atoms with Crippen LogP contribution in [0.4, 0.5) is 5.69 Å². The molecule has 1 aromatic carbocycles. The van der Waals surface area contributed by atoms with Crippen molar-refractivity contribution in [2.45, 2.75) is 45.1 Å². The second kappa shape index (κ2) is 6.58. The summed E-state index contributed by atoms with van der Waals surface area (Å²) in [5, 5.41) is 4.26. The Kier molecular flexibility index (Phi) is 5.06. The summed E-state index contributed by atoms with van der Waals surface area (Å²) in [6.45, 7) is 2.24. The Hall–Kier alpha value is -0.800. The van der Waals surface area contributed by atoms with E-state index in [4.69, 9.17) is 29.6 Å². The predicted octanol–water partition coefficient (Wildman–Crippen LogP) is 4.35. The number of rotatable bonds is 4. The highest BCUT2D eigenvalue weighted by atomic mass is 35.5. The van der Waals surface area contributed by atoms with E-state index < -0.39 is 0 Å². The predicted molar refractivity (Wildman–Crippen MR) is 87.0 cm³/mol. The van der Waals surface area contributed by atoms with Gasteiger partial charge >= 0.3 is 0 Å². The maximum atomic E-state index is 6.07. The molecule has 0 spiro atoms. The third-order valence-electron chi connectivity index (χ3n) is 3.99. The van der Waals surface area contributed by atoms with Crippen molar-refractivity contribution >= 4 is 34.5 Å². The first-order valence-corrected chi connectivity index (χ1v) is 7.72. The van der Waals surface area contributed by atoms with Crippen molar-refractivity contribution in [1.29, 1.82) is 0 Å². The Morgan fingerprint density at radius 1 is 1.37 bits per heavy atom. The summed E-state index contributed by atoms with van der Waals surface area (Å²) in [5.41, 5.74) is 7.60. The fourth-order valence-electron chi connectivity index (χ4n) is 2.85. The third-order valence-corrected chi connectivity index (χ3v) is 4.44. The first-order valence-electron chi connectivity index (χ1n) is 6.94. The van der Waals surface area contributed by atoms with Crippen LogP contribution in [0.3, 0.4) is 0 Å². The minimum absolute atomic E-state index is 0.412. The molecule has 1 atom stereocenters. The number of nitrogens with two attached hydrogens (primary N) is 1. The number of benzene rings is 1. The fraction of sp³-hybridized carbons (Fsp3) is 0.533. The van der Waals surface area contributed by atoms with E-state index in [1.165, 1.54) is 32.1 Å². The van der Waals surface area contributed by atoms with Crippen LogP contribution in [0.5, 0.6) is 0 Å². The molecule has 1 unspecified atom stereocenters. The number of nitrogens with one attached hydrogen (secondary N) is 1. The summed E-state index contributed by atoms with van der Waals surface area (Å²) < 4.78 is 0. The van der Waals surface area contributed by atoms with Gasteiger partial charge in [-0.25, -0.2) is 0 Å². The monoisotopic (exact) mass is 296 g/mol. The molecule has 0 aromatic heterocycles. The van der Waals surface area contributed by atoms with Gasteiger partial charge in [-0.2, -0.15) is 0 Å². The van der Waals surface area contributed by atoms with Crippen molar-refractivity contribution in [3.05, 3.63) is 28.8 Å². The normalized spacial score (nSPS) is 18.0. The average molecular weight is 297 g/mol. The standard InChI is InChI=1S/C15H21ClN2S/c1-10(11-5-3-2-4-6-11)18-14-9-12(16)7-8-13(14)15(17)19/h7-11,18H,2-6H2,1H3,(H2,17,19). The Balaban J connectivity index is 2.12. The molecule has 0 bridgehead atoms. The first kappa shape index (κ1) is 14.6. The van der Waals surface area contributed by atoms with Gasteiger partial charge in [-0.15, -0.1) is 0 Å². The van der Waals surface area contributed by atoms with Crippen LogP contribution in [0.1, 0.15) is 44.6 Å². The van der Waals surface area contributed by atoms with Gasteiger partial charge in [-0.1, -0.05) is 43.1 Å². The average Bonchev–Trinajstić information content (AvgIpc) is 2.39. The SMILES string of the molecule is CC(Nc1cc(Cl)ccc1C(N)=S)C1CCCCC1. The zero-order chi connectivity index (χ0) is 13.8. The van der Waals surface area contributed by atoms with Crippen LogP contribution >= 0.6 is 23.8 Å². The molecule has 1 aliphatic carbocycles. The van der Waals surface area contributed by atoms with E-state index in [1.54, 1.807) is 0 Å². The van der Waals surface area contributed by atoms with E-state index in [0.29, 0.717) is 16.1 Å². The van der Waals surface area contributed by atoms with Crippen LogP contribution < -0.4 is 11.1 Å². The summed E-state index contributed by atoms with van der Waals surface area (Å²) in [5.74, 6) is 0.729. The molecule has 1 saturated carbocycles. The van der Waals surface area contributed by atoms with Crippen molar-refractivity contribution in [3.8, 4) is 0 Å². The Bertz CT molecular complexity index is 455. The third kappa shape index (κ3) is 3.83. The maximum Gasteiger partial charge on any atom is 0.106 e. The van der Waals surface area contributed by atoms with Gasteiger partial charge in [0.05, 0.1) is 0 Å². The zero-order valence-electron chi connectivity index (χ0n) is 11.3. The van der Waals surface area contributed by atoms with Gasteiger partial charge in [0.15, 0.2) is 0 Å². The first-order chi connectivity index (χ1) is 9.08. The highest BCUT2D eigenvalue weighted by Gasteiger charge is 2.20. The van der Waals surface area contributed by atoms with Crippen LogP contribution in [-0.4, -0.2) is 11.0 Å². The fourth-order valence-corrected chi connectivity index (χ4v) is 3.20. The molecule has 0 aliphatic heterocycles. The molecular formula is C15H21ClN2S. The van der Waals surface area contributed by atoms with Crippen molar-refractivity contribution in [2.75, 3.05) is 5.32 Å². The molecule has 2 rings (SSSR count). The zero-order valence-corrected chi connectivity index (χ0v) is 12.9. The number of hydrogen-bond acceptors (Lipinski definition) is 2. The molecule has 3 N–H and O–H groups in total. The lowest BCUT2D eigenvalue weighted by molar-refractivity contribution is 0.328. The number of anilines is 1. The van der Waals surface area contributed by atoms with E-state index in [0.717, 1.165) is 17.2 Å². The van der Waals surface area contributed by atoms with Crippen molar-refractivity contribution in [3.63, 3.8) is 0 Å². The molecule has 2 nitrogen and oxygen atoms in total. The van der Waals surface area contributed by atoms with Crippen LogP contribution in [0, 0.1) is 5.92 Å². The summed E-state index contributed by atoms with van der Waals surface area (Å²) in [7, 11) is 0. The van der Waals surface area contributed by atoms with Crippen LogP contribution in [0.25, 0.3) is 0 Å². The molecule has 19 heavy (non-hydrogen) atoms. The van der Waals surface area contributed by atoms with Crippen molar-refractivity contribution < 1.29 is 0 Å². The van der Waals surface area contributed by atoms with Gasteiger partial charge in [0, 0.05) is 22.3 Å².